The number of halogens is 1. The largest absolute Gasteiger partial charge is 0.345 e. The summed E-state index contributed by atoms with van der Waals surface area (Å²) in [5.74, 6) is -0.131. The molecule has 4 rings (SSSR count). The Morgan fingerprint density at radius 2 is 1.92 bits per heavy atom. The molecule has 2 aromatic carbocycles. The van der Waals surface area contributed by atoms with Crippen LogP contribution in [0.1, 0.15) is 41.3 Å². The number of hydrogen-bond donors (Lipinski definition) is 1. The van der Waals surface area contributed by atoms with Crippen LogP contribution in [-0.2, 0) is 12.8 Å². The summed E-state index contributed by atoms with van der Waals surface area (Å²) in [5.41, 5.74) is 2.99. The highest BCUT2D eigenvalue weighted by atomic mass is 19.1. The highest BCUT2D eigenvalue weighted by Gasteiger charge is 2.42. The van der Waals surface area contributed by atoms with Crippen molar-refractivity contribution in [3.05, 3.63) is 71.0 Å². The zero-order valence-electron chi connectivity index (χ0n) is 15.2. The molecule has 2 aromatic rings. The van der Waals surface area contributed by atoms with Crippen molar-refractivity contribution < 1.29 is 9.18 Å². The summed E-state index contributed by atoms with van der Waals surface area (Å²) in [6.07, 6.45) is 3.80. The fourth-order valence-electron chi connectivity index (χ4n) is 4.38. The Bertz CT molecular complexity index is 804. The van der Waals surface area contributed by atoms with E-state index in [9.17, 15) is 9.18 Å². The van der Waals surface area contributed by atoms with Gasteiger partial charge in [-0.25, -0.2) is 4.39 Å². The van der Waals surface area contributed by atoms with Crippen LogP contribution < -0.4 is 5.32 Å². The highest BCUT2D eigenvalue weighted by molar-refractivity contribution is 5.96. The van der Waals surface area contributed by atoms with E-state index in [2.05, 4.69) is 23.2 Å². The minimum absolute atomic E-state index is 0.0612. The molecular formula is C22H25FN2O. The summed E-state index contributed by atoms with van der Waals surface area (Å²) < 4.78 is 13.1. The van der Waals surface area contributed by atoms with E-state index < -0.39 is 0 Å². The third-order valence-corrected chi connectivity index (χ3v) is 5.96. The predicted octanol–water partition coefficient (Wildman–Crippen LogP) is 3.58. The number of carbonyl (C=O) groups is 1. The van der Waals surface area contributed by atoms with Crippen molar-refractivity contribution in [3.8, 4) is 0 Å². The minimum Gasteiger partial charge on any atom is -0.345 e. The number of nitrogens with one attached hydrogen (secondary N) is 1. The van der Waals surface area contributed by atoms with Gasteiger partial charge in [0.05, 0.1) is 5.54 Å². The van der Waals surface area contributed by atoms with Crippen LogP contribution in [0, 0.1) is 5.82 Å². The van der Waals surface area contributed by atoms with Crippen LogP contribution in [0.15, 0.2) is 48.5 Å². The lowest BCUT2D eigenvalue weighted by molar-refractivity contribution is 0.0899. The number of fused-ring (bicyclic) bond motifs is 1. The predicted molar refractivity (Wildman–Crippen MR) is 101 cm³/mol. The van der Waals surface area contributed by atoms with Gasteiger partial charge >= 0.3 is 0 Å². The van der Waals surface area contributed by atoms with E-state index in [-0.39, 0.29) is 17.3 Å². The molecule has 1 fully saturated rings. The molecule has 1 amide bonds. The van der Waals surface area contributed by atoms with Crippen LogP contribution in [0.2, 0.25) is 0 Å². The molecule has 0 aromatic heterocycles. The van der Waals surface area contributed by atoms with E-state index in [4.69, 9.17) is 0 Å². The van der Waals surface area contributed by atoms with Crippen molar-refractivity contribution in [3.63, 3.8) is 0 Å². The summed E-state index contributed by atoms with van der Waals surface area (Å²) in [7, 11) is 0. The van der Waals surface area contributed by atoms with Crippen molar-refractivity contribution in [2.45, 2.75) is 44.2 Å². The third kappa shape index (κ3) is 3.38. The second kappa shape index (κ2) is 6.84. The van der Waals surface area contributed by atoms with E-state index in [0.29, 0.717) is 6.04 Å². The standard InChI is InChI=1S/C22H25FN2O/c1-16(14-17-6-8-19(23)9-7-17)25-13-12-22(15-25)11-10-18-4-2-3-5-20(18)21(26)24-22/h2-9,16H,10-15H2,1H3,(H,24,26)/t16-,22-/m0/s1. The van der Waals surface area contributed by atoms with Gasteiger partial charge in [-0.15, -0.1) is 0 Å². The van der Waals surface area contributed by atoms with Crippen LogP contribution in [0.4, 0.5) is 4.39 Å². The van der Waals surface area contributed by atoms with E-state index in [1.807, 2.05) is 30.3 Å². The Kier molecular flexibility index (Phi) is 4.53. The van der Waals surface area contributed by atoms with Crippen molar-refractivity contribution in [1.82, 2.24) is 10.2 Å². The number of likely N-dealkylation sites (tertiary alicyclic amines) is 1. The second-order valence-electron chi connectivity index (χ2n) is 7.79. The first-order valence-electron chi connectivity index (χ1n) is 9.44. The van der Waals surface area contributed by atoms with Crippen LogP contribution >= 0.6 is 0 Å². The molecule has 2 heterocycles. The second-order valence-corrected chi connectivity index (χ2v) is 7.79. The van der Waals surface area contributed by atoms with Gasteiger partial charge in [0.2, 0.25) is 0 Å². The first-order valence-corrected chi connectivity index (χ1v) is 9.44. The maximum absolute atomic E-state index is 13.1. The van der Waals surface area contributed by atoms with Gasteiger partial charge in [-0.2, -0.15) is 0 Å². The first-order chi connectivity index (χ1) is 12.5. The van der Waals surface area contributed by atoms with E-state index in [1.54, 1.807) is 0 Å². The maximum Gasteiger partial charge on any atom is 0.252 e. The molecule has 0 unspecified atom stereocenters. The van der Waals surface area contributed by atoms with E-state index >= 15 is 0 Å². The van der Waals surface area contributed by atoms with Gasteiger partial charge < -0.3 is 5.32 Å². The monoisotopic (exact) mass is 352 g/mol. The maximum atomic E-state index is 13.1. The van der Waals surface area contributed by atoms with Crippen LogP contribution in [0.3, 0.4) is 0 Å². The molecule has 3 nitrogen and oxygen atoms in total. The zero-order chi connectivity index (χ0) is 18.1. The zero-order valence-corrected chi connectivity index (χ0v) is 15.2. The molecule has 26 heavy (non-hydrogen) atoms. The van der Waals surface area contributed by atoms with Crippen molar-refractivity contribution in [2.75, 3.05) is 13.1 Å². The average Bonchev–Trinajstić information content (AvgIpc) is 3.00. The lowest BCUT2D eigenvalue weighted by Crippen LogP contribution is -2.50. The summed E-state index contributed by atoms with van der Waals surface area (Å²) >= 11 is 0. The third-order valence-electron chi connectivity index (χ3n) is 5.96. The fourth-order valence-corrected chi connectivity index (χ4v) is 4.38. The number of nitrogens with zero attached hydrogens (tertiary/aromatic N) is 1. The molecule has 1 N–H and O–H groups in total. The summed E-state index contributed by atoms with van der Waals surface area (Å²) in [6, 6.07) is 15.1. The summed E-state index contributed by atoms with van der Waals surface area (Å²) in [6.45, 7) is 4.09. The Morgan fingerprint density at radius 1 is 1.15 bits per heavy atom. The molecule has 0 radical (unpaired) electrons. The smallest absolute Gasteiger partial charge is 0.252 e. The molecule has 0 bridgehead atoms. The molecule has 2 aliphatic heterocycles. The molecule has 2 aliphatic rings. The van der Waals surface area contributed by atoms with Gasteiger partial charge in [-0.1, -0.05) is 30.3 Å². The Hall–Kier alpha value is -2.20. The van der Waals surface area contributed by atoms with E-state index in [0.717, 1.165) is 55.5 Å². The first kappa shape index (κ1) is 17.2. The molecule has 2 atom stereocenters. The number of amides is 1. The normalized spacial score (nSPS) is 24.2. The molecule has 0 saturated carbocycles. The number of carbonyl (C=O) groups excluding carboxylic acids is 1. The average molecular weight is 352 g/mol. The van der Waals surface area contributed by atoms with Crippen molar-refractivity contribution >= 4 is 5.91 Å². The number of aryl methyl sites for hydroxylation is 1. The molecule has 1 saturated heterocycles. The topological polar surface area (TPSA) is 32.3 Å². The van der Waals surface area contributed by atoms with Crippen molar-refractivity contribution in [1.29, 1.82) is 0 Å². The van der Waals surface area contributed by atoms with Crippen LogP contribution in [-0.4, -0.2) is 35.5 Å². The Morgan fingerprint density at radius 3 is 2.73 bits per heavy atom. The van der Waals surface area contributed by atoms with Gasteiger partial charge in [0.25, 0.3) is 5.91 Å². The van der Waals surface area contributed by atoms with Crippen LogP contribution in [0.5, 0.6) is 0 Å². The van der Waals surface area contributed by atoms with Gasteiger partial charge in [-0.3, -0.25) is 9.69 Å². The minimum atomic E-state index is -0.192. The summed E-state index contributed by atoms with van der Waals surface area (Å²) in [5, 5.41) is 3.34. The number of rotatable bonds is 3. The SMILES string of the molecule is C[C@@H](Cc1ccc(F)cc1)N1CC[C@@]2(CCc3ccccc3C(=O)N2)C1. The van der Waals surface area contributed by atoms with Gasteiger partial charge in [0.15, 0.2) is 0 Å². The Labute approximate surface area is 154 Å². The molecular weight excluding hydrogens is 327 g/mol. The van der Waals surface area contributed by atoms with Crippen molar-refractivity contribution in [2.24, 2.45) is 0 Å². The number of hydrogen-bond acceptors (Lipinski definition) is 2. The molecule has 4 heteroatoms. The highest BCUT2D eigenvalue weighted by Crippen LogP contribution is 2.32. The van der Waals surface area contributed by atoms with Gasteiger partial charge in [0, 0.05) is 24.7 Å². The van der Waals surface area contributed by atoms with Gasteiger partial charge in [0.1, 0.15) is 5.82 Å². The quantitative estimate of drug-likeness (QED) is 0.916. The number of benzene rings is 2. The van der Waals surface area contributed by atoms with E-state index in [1.165, 1.54) is 12.1 Å². The molecule has 0 aliphatic carbocycles. The Balaban J connectivity index is 1.44. The fraction of sp³-hybridized carbons (Fsp3) is 0.409. The lowest BCUT2D eigenvalue weighted by atomic mass is 9.91. The lowest BCUT2D eigenvalue weighted by Gasteiger charge is -2.31. The van der Waals surface area contributed by atoms with Crippen LogP contribution in [0.25, 0.3) is 0 Å². The molecule has 136 valence electrons. The van der Waals surface area contributed by atoms with Gasteiger partial charge in [-0.05, 0) is 61.9 Å². The summed E-state index contributed by atoms with van der Waals surface area (Å²) in [4.78, 5) is 15.2. The molecule has 1 spiro atoms.